The first-order valence-corrected chi connectivity index (χ1v) is 13.7. The van der Waals surface area contributed by atoms with E-state index in [0.29, 0.717) is 5.56 Å². The zero-order valence-electron chi connectivity index (χ0n) is 22.1. The topological polar surface area (TPSA) is 92.2 Å². The highest BCUT2D eigenvalue weighted by Crippen LogP contribution is 2.34. The molecule has 1 N–H and O–H groups in total. The molecule has 0 radical (unpaired) electrons. The fourth-order valence-corrected chi connectivity index (χ4v) is 6.02. The molecular formula is C29H35N7O2. The third-order valence-electron chi connectivity index (χ3n) is 8.19. The number of H-pyrrole nitrogens is 1. The summed E-state index contributed by atoms with van der Waals surface area (Å²) in [6.07, 6.45) is 5.46. The molecule has 1 aliphatic heterocycles. The number of ether oxygens (including phenoxy) is 1. The number of pyridine rings is 1. The fourth-order valence-electron chi connectivity index (χ4n) is 6.02. The molecule has 4 aromatic rings. The summed E-state index contributed by atoms with van der Waals surface area (Å²) in [5, 5.41) is 14.1. The standard InChI is InChI=1S/C29H35N7O2/c1-3-20-8-13-26-21(18-20)19-25(29(37)30-26)27(28-31-32-33-36(28)23-6-4-5-7-23)35-16-14-34(15-17-35)22-9-11-24(38-2)12-10-22/h8-13,18-19,23,27H,3-7,14-17H2,1-2H3,(H,30,37)/t27-/m1/s1. The quantitative estimate of drug-likeness (QED) is 0.398. The first-order chi connectivity index (χ1) is 18.6. The molecule has 0 unspecified atom stereocenters. The lowest BCUT2D eigenvalue weighted by atomic mass is 10.0. The van der Waals surface area contributed by atoms with Gasteiger partial charge in [0.25, 0.3) is 5.56 Å². The zero-order chi connectivity index (χ0) is 26.1. The van der Waals surface area contributed by atoms with Crippen LogP contribution in [0, 0.1) is 0 Å². The smallest absolute Gasteiger partial charge is 0.253 e. The SMILES string of the molecule is CCc1ccc2[nH]c(=O)c([C@H](c3nnnn3C3CCCC3)N3CCN(c4ccc(OC)cc4)CC3)cc2c1. The first kappa shape index (κ1) is 24.6. The van der Waals surface area contributed by atoms with E-state index >= 15 is 0 Å². The molecule has 1 saturated carbocycles. The number of hydrogen-bond donors (Lipinski definition) is 1. The lowest BCUT2D eigenvalue weighted by Gasteiger charge is -2.39. The van der Waals surface area contributed by atoms with Crippen LogP contribution < -0.4 is 15.2 Å². The Morgan fingerprint density at radius 1 is 1.03 bits per heavy atom. The van der Waals surface area contributed by atoms with Crippen molar-refractivity contribution in [1.29, 1.82) is 0 Å². The zero-order valence-corrected chi connectivity index (χ0v) is 22.1. The third-order valence-corrected chi connectivity index (χ3v) is 8.19. The largest absolute Gasteiger partial charge is 0.497 e. The highest BCUT2D eigenvalue weighted by molar-refractivity contribution is 5.80. The van der Waals surface area contributed by atoms with Gasteiger partial charge in [0.2, 0.25) is 0 Å². The summed E-state index contributed by atoms with van der Waals surface area (Å²) in [5.41, 5.74) is 3.90. The number of piperazine rings is 1. The molecule has 0 bridgehead atoms. The average molecular weight is 514 g/mol. The number of methoxy groups -OCH3 is 1. The summed E-state index contributed by atoms with van der Waals surface area (Å²) >= 11 is 0. The molecule has 1 aliphatic carbocycles. The van der Waals surface area contributed by atoms with Crippen LogP contribution in [-0.2, 0) is 6.42 Å². The Hall–Kier alpha value is -3.72. The lowest BCUT2D eigenvalue weighted by molar-refractivity contribution is 0.197. The lowest BCUT2D eigenvalue weighted by Crippen LogP contribution is -2.49. The van der Waals surface area contributed by atoms with E-state index < -0.39 is 0 Å². The van der Waals surface area contributed by atoms with Gasteiger partial charge in [-0.05, 0) is 83.1 Å². The van der Waals surface area contributed by atoms with Crippen molar-refractivity contribution < 1.29 is 4.74 Å². The molecule has 9 nitrogen and oxygen atoms in total. The minimum atomic E-state index is -0.318. The minimum Gasteiger partial charge on any atom is -0.497 e. The van der Waals surface area contributed by atoms with Crippen molar-refractivity contribution in [3.8, 4) is 5.75 Å². The highest BCUT2D eigenvalue weighted by atomic mass is 16.5. The third kappa shape index (κ3) is 4.67. The van der Waals surface area contributed by atoms with Gasteiger partial charge < -0.3 is 14.6 Å². The molecule has 198 valence electrons. The van der Waals surface area contributed by atoms with Gasteiger partial charge in [-0.2, -0.15) is 0 Å². The maximum Gasteiger partial charge on any atom is 0.253 e. The molecule has 2 fully saturated rings. The number of nitrogens with one attached hydrogen (secondary N) is 1. The van der Waals surface area contributed by atoms with Gasteiger partial charge in [-0.25, -0.2) is 4.68 Å². The van der Waals surface area contributed by atoms with E-state index in [1.807, 2.05) is 22.9 Å². The molecule has 6 rings (SSSR count). The second kappa shape index (κ2) is 10.6. The predicted octanol–water partition coefficient (Wildman–Crippen LogP) is 4.11. The average Bonchev–Trinajstić information content (AvgIpc) is 3.66. The van der Waals surface area contributed by atoms with Crippen LogP contribution in [0.25, 0.3) is 10.9 Å². The Bertz CT molecular complexity index is 1450. The van der Waals surface area contributed by atoms with E-state index in [1.54, 1.807) is 7.11 Å². The van der Waals surface area contributed by atoms with Gasteiger partial charge in [-0.3, -0.25) is 9.69 Å². The molecule has 1 atom stereocenters. The predicted molar refractivity (Wildman–Crippen MR) is 148 cm³/mol. The monoisotopic (exact) mass is 513 g/mol. The van der Waals surface area contributed by atoms with Gasteiger partial charge in [0.05, 0.1) is 13.2 Å². The second-order valence-corrected chi connectivity index (χ2v) is 10.4. The van der Waals surface area contributed by atoms with E-state index in [-0.39, 0.29) is 17.6 Å². The van der Waals surface area contributed by atoms with E-state index in [4.69, 9.17) is 4.74 Å². The molecule has 2 aromatic heterocycles. The molecular weight excluding hydrogens is 478 g/mol. The Labute approximate surface area is 222 Å². The number of rotatable bonds is 7. The summed E-state index contributed by atoms with van der Waals surface area (Å²) in [4.78, 5) is 21.5. The summed E-state index contributed by atoms with van der Waals surface area (Å²) in [6, 6.07) is 16.5. The van der Waals surface area contributed by atoms with E-state index in [9.17, 15) is 4.79 Å². The van der Waals surface area contributed by atoms with Crippen molar-refractivity contribution in [2.45, 2.75) is 51.1 Å². The molecule has 38 heavy (non-hydrogen) atoms. The summed E-state index contributed by atoms with van der Waals surface area (Å²) < 4.78 is 7.32. The number of aromatic nitrogens is 5. The van der Waals surface area contributed by atoms with Crippen LogP contribution in [0.2, 0.25) is 0 Å². The Morgan fingerprint density at radius 2 is 1.79 bits per heavy atom. The molecule has 2 aromatic carbocycles. The van der Waals surface area contributed by atoms with Gasteiger partial charge in [-0.15, -0.1) is 5.10 Å². The van der Waals surface area contributed by atoms with E-state index in [1.165, 1.54) is 24.1 Å². The first-order valence-electron chi connectivity index (χ1n) is 13.7. The highest BCUT2D eigenvalue weighted by Gasteiger charge is 2.34. The number of aromatic amines is 1. The summed E-state index contributed by atoms with van der Waals surface area (Å²) in [6.45, 7) is 5.43. The van der Waals surface area contributed by atoms with E-state index in [2.05, 4.69) is 67.6 Å². The number of aryl methyl sites for hydroxylation is 1. The van der Waals surface area contributed by atoms with Crippen LogP contribution in [-0.4, -0.2) is 63.4 Å². The molecule has 1 saturated heterocycles. The van der Waals surface area contributed by atoms with Crippen molar-refractivity contribution in [3.63, 3.8) is 0 Å². The maximum absolute atomic E-state index is 13.6. The number of benzene rings is 2. The van der Waals surface area contributed by atoms with Crippen LogP contribution in [0.4, 0.5) is 5.69 Å². The van der Waals surface area contributed by atoms with Crippen molar-refractivity contribution in [2.75, 3.05) is 38.2 Å². The Morgan fingerprint density at radius 3 is 2.50 bits per heavy atom. The fraction of sp³-hybridized carbons (Fsp3) is 0.448. The molecule has 2 aliphatic rings. The van der Waals surface area contributed by atoms with Crippen LogP contribution in [0.5, 0.6) is 5.75 Å². The van der Waals surface area contributed by atoms with Crippen LogP contribution >= 0.6 is 0 Å². The number of nitrogens with zero attached hydrogens (tertiary/aromatic N) is 6. The Kier molecular flexibility index (Phi) is 6.84. The maximum atomic E-state index is 13.6. The van der Waals surface area contributed by atoms with Crippen LogP contribution in [0.3, 0.4) is 0 Å². The summed E-state index contributed by atoms with van der Waals surface area (Å²) in [7, 11) is 1.69. The van der Waals surface area contributed by atoms with Crippen molar-refractivity contribution in [1.82, 2.24) is 30.1 Å². The molecule has 3 heterocycles. The van der Waals surface area contributed by atoms with Gasteiger partial charge in [0, 0.05) is 42.9 Å². The van der Waals surface area contributed by atoms with Gasteiger partial charge in [-0.1, -0.05) is 25.8 Å². The number of fused-ring (bicyclic) bond motifs is 1. The molecule has 9 heteroatoms. The number of anilines is 1. The molecule has 0 spiro atoms. The summed E-state index contributed by atoms with van der Waals surface area (Å²) in [5.74, 6) is 1.62. The minimum absolute atomic E-state index is 0.0784. The van der Waals surface area contributed by atoms with Crippen LogP contribution in [0.1, 0.15) is 61.6 Å². The molecule has 0 amide bonds. The van der Waals surface area contributed by atoms with E-state index in [0.717, 1.165) is 67.9 Å². The van der Waals surface area contributed by atoms with Crippen molar-refractivity contribution in [3.05, 3.63) is 75.8 Å². The Balaban J connectivity index is 1.37. The van der Waals surface area contributed by atoms with Gasteiger partial charge in [0.15, 0.2) is 5.82 Å². The normalized spacial score (nSPS) is 17.8. The number of tetrazole rings is 1. The van der Waals surface area contributed by atoms with Gasteiger partial charge in [0.1, 0.15) is 11.8 Å². The van der Waals surface area contributed by atoms with Crippen molar-refractivity contribution >= 4 is 16.6 Å². The van der Waals surface area contributed by atoms with Crippen LogP contribution in [0.15, 0.2) is 53.3 Å². The van der Waals surface area contributed by atoms with Crippen molar-refractivity contribution in [2.24, 2.45) is 0 Å². The second-order valence-electron chi connectivity index (χ2n) is 10.4. The number of hydrogen-bond acceptors (Lipinski definition) is 7. The van der Waals surface area contributed by atoms with Gasteiger partial charge >= 0.3 is 0 Å².